The second kappa shape index (κ2) is 9.68. The molecule has 2 aromatic carbocycles. The topological polar surface area (TPSA) is 39.9 Å². The standard InChI is InChI=1S/C23H28ClN3OS/c1-15(2)19-8-12-21(13-9-19)28-17(5)22-25-26-23(27(22)16(3)4)29-14-18-6-10-20(24)11-7-18/h6-13,15-17H,14H2,1-5H3. The second-order valence-corrected chi connectivity index (χ2v) is 9.08. The van der Waals surface area contributed by atoms with Crippen LogP contribution in [-0.4, -0.2) is 14.8 Å². The molecule has 0 saturated heterocycles. The Morgan fingerprint density at radius 1 is 0.931 bits per heavy atom. The van der Waals surface area contributed by atoms with Crippen LogP contribution < -0.4 is 4.74 Å². The maximum atomic E-state index is 6.17. The highest BCUT2D eigenvalue weighted by Gasteiger charge is 2.21. The molecule has 0 saturated carbocycles. The zero-order valence-corrected chi connectivity index (χ0v) is 19.2. The maximum absolute atomic E-state index is 6.17. The van der Waals surface area contributed by atoms with Gasteiger partial charge >= 0.3 is 0 Å². The summed E-state index contributed by atoms with van der Waals surface area (Å²) >= 11 is 7.65. The molecule has 29 heavy (non-hydrogen) atoms. The van der Waals surface area contributed by atoms with Gasteiger partial charge in [0, 0.05) is 16.8 Å². The van der Waals surface area contributed by atoms with E-state index in [2.05, 4.69) is 54.6 Å². The summed E-state index contributed by atoms with van der Waals surface area (Å²) < 4.78 is 8.33. The largest absolute Gasteiger partial charge is 0.483 e. The molecule has 3 aromatic rings. The monoisotopic (exact) mass is 429 g/mol. The van der Waals surface area contributed by atoms with Crippen molar-refractivity contribution in [3.05, 3.63) is 70.5 Å². The molecule has 0 amide bonds. The average Bonchev–Trinajstić information content (AvgIpc) is 3.12. The van der Waals surface area contributed by atoms with E-state index in [0.29, 0.717) is 5.92 Å². The number of hydrogen-bond acceptors (Lipinski definition) is 4. The normalized spacial score (nSPS) is 12.6. The van der Waals surface area contributed by atoms with Crippen molar-refractivity contribution >= 4 is 23.4 Å². The van der Waals surface area contributed by atoms with E-state index in [0.717, 1.165) is 27.5 Å². The van der Waals surface area contributed by atoms with E-state index in [1.807, 2.05) is 43.3 Å². The van der Waals surface area contributed by atoms with Crippen molar-refractivity contribution in [3.8, 4) is 5.75 Å². The van der Waals surface area contributed by atoms with Crippen LogP contribution in [0.4, 0.5) is 0 Å². The molecule has 6 heteroatoms. The van der Waals surface area contributed by atoms with Crippen molar-refractivity contribution in [3.63, 3.8) is 0 Å². The molecular formula is C23H28ClN3OS. The number of hydrogen-bond donors (Lipinski definition) is 0. The summed E-state index contributed by atoms with van der Waals surface area (Å²) in [6, 6.07) is 16.4. The van der Waals surface area contributed by atoms with E-state index in [9.17, 15) is 0 Å². The van der Waals surface area contributed by atoms with Crippen molar-refractivity contribution in [1.82, 2.24) is 14.8 Å². The van der Waals surface area contributed by atoms with Crippen LogP contribution in [0, 0.1) is 0 Å². The lowest BCUT2D eigenvalue weighted by atomic mass is 10.0. The average molecular weight is 430 g/mol. The first kappa shape index (κ1) is 21.7. The second-order valence-electron chi connectivity index (χ2n) is 7.70. The predicted octanol–water partition coefficient (Wildman–Crippen LogP) is 7.07. The first-order valence-electron chi connectivity index (χ1n) is 9.93. The molecule has 154 valence electrons. The Labute approximate surface area is 182 Å². The van der Waals surface area contributed by atoms with Gasteiger partial charge in [-0.2, -0.15) is 0 Å². The van der Waals surface area contributed by atoms with Gasteiger partial charge in [0.25, 0.3) is 0 Å². The highest BCUT2D eigenvalue weighted by molar-refractivity contribution is 7.98. The SMILES string of the molecule is CC(C)c1ccc(OC(C)c2nnc(SCc3ccc(Cl)cc3)n2C(C)C)cc1. The van der Waals surface area contributed by atoms with Crippen LogP contribution in [0.5, 0.6) is 5.75 Å². The quantitative estimate of drug-likeness (QED) is 0.359. The highest BCUT2D eigenvalue weighted by atomic mass is 35.5. The van der Waals surface area contributed by atoms with Crippen LogP contribution in [0.15, 0.2) is 53.7 Å². The number of thioether (sulfide) groups is 1. The molecule has 0 fully saturated rings. The van der Waals surface area contributed by atoms with Crippen molar-refractivity contribution in [2.45, 2.75) is 63.6 Å². The molecule has 3 rings (SSSR count). The molecule has 1 atom stereocenters. The van der Waals surface area contributed by atoms with Crippen LogP contribution in [0.25, 0.3) is 0 Å². The van der Waals surface area contributed by atoms with E-state index in [1.165, 1.54) is 11.1 Å². The highest BCUT2D eigenvalue weighted by Crippen LogP contribution is 2.30. The van der Waals surface area contributed by atoms with Crippen molar-refractivity contribution in [2.24, 2.45) is 0 Å². The summed E-state index contributed by atoms with van der Waals surface area (Å²) in [5.41, 5.74) is 2.50. The van der Waals surface area contributed by atoms with Gasteiger partial charge in [0.1, 0.15) is 5.75 Å². The van der Waals surface area contributed by atoms with Gasteiger partial charge in [-0.15, -0.1) is 10.2 Å². The minimum atomic E-state index is -0.195. The first-order chi connectivity index (χ1) is 13.8. The zero-order chi connectivity index (χ0) is 21.0. The Morgan fingerprint density at radius 3 is 2.17 bits per heavy atom. The smallest absolute Gasteiger partial charge is 0.191 e. The molecule has 4 nitrogen and oxygen atoms in total. The molecule has 0 aliphatic rings. The van der Waals surface area contributed by atoms with Gasteiger partial charge in [-0.05, 0) is 62.1 Å². The maximum Gasteiger partial charge on any atom is 0.191 e. The fourth-order valence-corrected chi connectivity index (χ4v) is 4.22. The lowest BCUT2D eigenvalue weighted by Gasteiger charge is -2.19. The third-order valence-electron chi connectivity index (χ3n) is 4.71. The molecule has 0 spiro atoms. The zero-order valence-electron chi connectivity index (χ0n) is 17.6. The van der Waals surface area contributed by atoms with Gasteiger partial charge in [0.15, 0.2) is 17.1 Å². The molecule has 0 aliphatic heterocycles. The fraction of sp³-hybridized carbons (Fsp3) is 0.391. The van der Waals surface area contributed by atoms with Crippen molar-refractivity contribution in [2.75, 3.05) is 0 Å². The summed E-state index contributed by atoms with van der Waals surface area (Å²) in [4.78, 5) is 0. The minimum Gasteiger partial charge on any atom is -0.483 e. The number of benzene rings is 2. The number of halogens is 1. The number of rotatable bonds is 8. The van der Waals surface area contributed by atoms with Crippen LogP contribution in [0.2, 0.25) is 5.02 Å². The summed E-state index contributed by atoms with van der Waals surface area (Å²) in [5, 5.41) is 10.5. The van der Waals surface area contributed by atoms with Gasteiger partial charge in [-0.25, -0.2) is 0 Å². The molecule has 0 N–H and O–H groups in total. The number of nitrogens with zero attached hydrogens (tertiary/aromatic N) is 3. The Hall–Kier alpha value is -1.98. The third-order valence-corrected chi connectivity index (χ3v) is 5.98. The Balaban J connectivity index is 1.73. The number of aromatic nitrogens is 3. The van der Waals surface area contributed by atoms with Gasteiger partial charge < -0.3 is 9.30 Å². The molecule has 0 bridgehead atoms. The summed E-state index contributed by atoms with van der Waals surface area (Å²) in [6.07, 6.45) is -0.195. The molecule has 1 heterocycles. The summed E-state index contributed by atoms with van der Waals surface area (Å²) in [5.74, 6) is 3.00. The lowest BCUT2D eigenvalue weighted by molar-refractivity contribution is 0.207. The summed E-state index contributed by atoms with van der Waals surface area (Å²) in [6.45, 7) is 10.7. The first-order valence-corrected chi connectivity index (χ1v) is 11.3. The lowest BCUT2D eigenvalue weighted by Crippen LogP contribution is -2.14. The molecule has 0 aliphatic carbocycles. The van der Waals surface area contributed by atoms with Crippen molar-refractivity contribution < 1.29 is 4.74 Å². The van der Waals surface area contributed by atoms with Crippen LogP contribution in [0.3, 0.4) is 0 Å². The Bertz CT molecular complexity index is 920. The van der Waals surface area contributed by atoms with Gasteiger partial charge in [-0.1, -0.05) is 61.5 Å². The molecule has 0 radical (unpaired) electrons. The van der Waals surface area contributed by atoms with Crippen LogP contribution in [0.1, 0.15) is 69.6 Å². The van der Waals surface area contributed by atoms with Crippen LogP contribution in [-0.2, 0) is 5.75 Å². The van der Waals surface area contributed by atoms with E-state index in [1.54, 1.807) is 11.8 Å². The van der Waals surface area contributed by atoms with Gasteiger partial charge in [-0.3, -0.25) is 0 Å². The molecule has 1 unspecified atom stereocenters. The fourth-order valence-electron chi connectivity index (χ4n) is 3.07. The van der Waals surface area contributed by atoms with Gasteiger partial charge in [0.05, 0.1) is 0 Å². The van der Waals surface area contributed by atoms with Gasteiger partial charge in [0.2, 0.25) is 0 Å². The predicted molar refractivity (Wildman–Crippen MR) is 121 cm³/mol. The van der Waals surface area contributed by atoms with E-state index in [-0.39, 0.29) is 12.1 Å². The molecular weight excluding hydrogens is 402 g/mol. The summed E-state index contributed by atoms with van der Waals surface area (Å²) in [7, 11) is 0. The number of ether oxygens (including phenoxy) is 1. The molecule has 1 aromatic heterocycles. The van der Waals surface area contributed by atoms with E-state index < -0.39 is 0 Å². The van der Waals surface area contributed by atoms with Crippen LogP contribution >= 0.6 is 23.4 Å². The Morgan fingerprint density at radius 2 is 1.59 bits per heavy atom. The third kappa shape index (κ3) is 5.55. The minimum absolute atomic E-state index is 0.195. The van der Waals surface area contributed by atoms with Crippen molar-refractivity contribution in [1.29, 1.82) is 0 Å². The Kier molecular flexibility index (Phi) is 7.25. The van der Waals surface area contributed by atoms with E-state index >= 15 is 0 Å². The van der Waals surface area contributed by atoms with E-state index in [4.69, 9.17) is 16.3 Å².